The van der Waals surface area contributed by atoms with Gasteiger partial charge in [0.2, 0.25) is 10.0 Å². The van der Waals surface area contributed by atoms with E-state index < -0.39 is 16.0 Å². The zero-order valence-electron chi connectivity index (χ0n) is 20.7. The van der Waals surface area contributed by atoms with Crippen LogP contribution < -0.4 is 0 Å². The fourth-order valence-corrected chi connectivity index (χ4v) is 6.28. The summed E-state index contributed by atoms with van der Waals surface area (Å²) in [5.41, 5.74) is 3.73. The van der Waals surface area contributed by atoms with Gasteiger partial charge in [0, 0.05) is 12.2 Å². The lowest BCUT2D eigenvalue weighted by molar-refractivity contribution is 0.0519. The van der Waals surface area contributed by atoms with Gasteiger partial charge in [0.25, 0.3) is 0 Å². The SMILES string of the molecule is CCOC(=O)c1[nH]c(C)c(CN(Cc2ccco2)S(=O)(=O)c2ccc(C3CCCCC3)cc2)c1C. The van der Waals surface area contributed by atoms with Gasteiger partial charge in [0.15, 0.2) is 0 Å². The third kappa shape index (κ3) is 5.54. The van der Waals surface area contributed by atoms with Crippen molar-refractivity contribution in [3.05, 3.63) is 76.5 Å². The minimum absolute atomic E-state index is 0.0819. The Bertz CT molecular complexity index is 1240. The first-order valence-corrected chi connectivity index (χ1v) is 13.7. The Kier molecular flexibility index (Phi) is 7.82. The van der Waals surface area contributed by atoms with Gasteiger partial charge < -0.3 is 14.1 Å². The number of benzene rings is 1. The van der Waals surface area contributed by atoms with Crippen molar-refractivity contribution in [2.45, 2.75) is 76.8 Å². The fraction of sp³-hybridized carbons (Fsp3) is 0.444. The summed E-state index contributed by atoms with van der Waals surface area (Å²) < 4.78 is 39.6. The Morgan fingerprint density at radius 1 is 1.09 bits per heavy atom. The maximum absolute atomic E-state index is 13.8. The lowest BCUT2D eigenvalue weighted by Gasteiger charge is -2.24. The molecule has 4 rings (SSSR count). The Labute approximate surface area is 207 Å². The lowest BCUT2D eigenvalue weighted by Crippen LogP contribution is -2.30. The predicted octanol–water partition coefficient (Wildman–Crippen LogP) is 5.84. The van der Waals surface area contributed by atoms with Crippen LogP contribution in [0.25, 0.3) is 0 Å². The van der Waals surface area contributed by atoms with Crippen LogP contribution in [0.1, 0.15) is 83.6 Å². The standard InChI is InChI=1S/C27H34N2O5S/c1-4-33-27(30)26-19(2)25(20(3)28-26)18-29(17-23-11-8-16-34-23)35(31,32)24-14-12-22(13-15-24)21-9-6-5-7-10-21/h8,11-16,21,28H,4-7,9-10,17-18H2,1-3H3. The van der Waals surface area contributed by atoms with E-state index in [0.717, 1.165) is 24.1 Å². The highest BCUT2D eigenvalue weighted by Crippen LogP contribution is 2.33. The average Bonchev–Trinajstić information content (AvgIpc) is 3.48. The molecule has 0 amide bonds. The third-order valence-corrected chi connectivity index (χ3v) is 8.72. The Morgan fingerprint density at radius 2 is 1.80 bits per heavy atom. The molecule has 8 heteroatoms. The summed E-state index contributed by atoms with van der Waals surface area (Å²) in [5, 5.41) is 0. The second-order valence-corrected chi connectivity index (χ2v) is 11.1. The monoisotopic (exact) mass is 498 g/mol. The van der Waals surface area contributed by atoms with E-state index in [1.54, 1.807) is 31.2 Å². The number of carbonyl (C=O) groups is 1. The van der Waals surface area contributed by atoms with E-state index in [1.807, 2.05) is 26.0 Å². The molecule has 1 N–H and O–H groups in total. The van der Waals surface area contributed by atoms with Crippen LogP contribution in [-0.4, -0.2) is 30.3 Å². The zero-order valence-corrected chi connectivity index (χ0v) is 21.5. The van der Waals surface area contributed by atoms with Gasteiger partial charge in [0.05, 0.1) is 24.3 Å². The number of aromatic nitrogens is 1. The summed E-state index contributed by atoms with van der Waals surface area (Å²) in [6.07, 6.45) is 7.58. The van der Waals surface area contributed by atoms with Gasteiger partial charge in [-0.2, -0.15) is 4.31 Å². The van der Waals surface area contributed by atoms with Crippen LogP contribution in [0.4, 0.5) is 0 Å². The largest absolute Gasteiger partial charge is 0.468 e. The summed E-state index contributed by atoms with van der Waals surface area (Å²) in [6, 6.07) is 10.9. The minimum Gasteiger partial charge on any atom is -0.468 e. The van der Waals surface area contributed by atoms with E-state index in [2.05, 4.69) is 4.98 Å². The quantitative estimate of drug-likeness (QED) is 0.374. The predicted molar refractivity (Wildman–Crippen MR) is 134 cm³/mol. The van der Waals surface area contributed by atoms with Gasteiger partial charge in [-0.3, -0.25) is 0 Å². The van der Waals surface area contributed by atoms with Crippen molar-refractivity contribution in [1.82, 2.24) is 9.29 Å². The highest BCUT2D eigenvalue weighted by atomic mass is 32.2. The number of H-pyrrole nitrogens is 1. The number of furan rings is 1. The van der Waals surface area contributed by atoms with Crippen LogP contribution in [0.5, 0.6) is 0 Å². The molecule has 0 saturated heterocycles. The number of nitrogens with zero attached hydrogens (tertiary/aromatic N) is 1. The van der Waals surface area contributed by atoms with Crippen LogP contribution in [0.2, 0.25) is 0 Å². The summed E-state index contributed by atoms with van der Waals surface area (Å²) in [5.74, 6) is 0.605. The number of ether oxygens (including phenoxy) is 1. The molecule has 188 valence electrons. The molecule has 1 aliphatic rings. The van der Waals surface area contributed by atoms with Crippen LogP contribution in [-0.2, 0) is 27.8 Å². The highest BCUT2D eigenvalue weighted by Gasteiger charge is 2.29. The van der Waals surface area contributed by atoms with Gasteiger partial charge in [-0.05, 0) is 80.5 Å². The molecule has 2 aromatic heterocycles. The first kappa shape index (κ1) is 25.3. The molecule has 2 heterocycles. The number of hydrogen-bond donors (Lipinski definition) is 1. The zero-order chi connectivity index (χ0) is 25.0. The molecule has 3 aromatic rings. The maximum atomic E-state index is 13.8. The molecule has 0 radical (unpaired) electrons. The van der Waals surface area contributed by atoms with Gasteiger partial charge in [-0.1, -0.05) is 31.4 Å². The molecule has 0 unspecified atom stereocenters. The molecule has 0 bridgehead atoms. The van der Waals surface area contributed by atoms with E-state index >= 15 is 0 Å². The summed E-state index contributed by atoms with van der Waals surface area (Å²) in [7, 11) is -3.83. The fourth-order valence-electron chi connectivity index (χ4n) is 4.91. The number of carbonyl (C=O) groups excluding carboxylic acids is 1. The topological polar surface area (TPSA) is 92.6 Å². The molecular weight excluding hydrogens is 464 g/mol. The summed E-state index contributed by atoms with van der Waals surface area (Å²) in [6.45, 7) is 5.84. The van der Waals surface area contributed by atoms with Crippen LogP contribution >= 0.6 is 0 Å². The number of esters is 1. The first-order chi connectivity index (χ1) is 16.8. The molecule has 0 aliphatic heterocycles. The first-order valence-electron chi connectivity index (χ1n) is 12.3. The van der Waals surface area contributed by atoms with Crippen molar-refractivity contribution in [2.24, 2.45) is 0 Å². The van der Waals surface area contributed by atoms with Crippen molar-refractivity contribution in [3.8, 4) is 0 Å². The van der Waals surface area contributed by atoms with Crippen molar-refractivity contribution < 1.29 is 22.4 Å². The van der Waals surface area contributed by atoms with Crippen LogP contribution in [0.15, 0.2) is 52.0 Å². The van der Waals surface area contributed by atoms with Crippen molar-refractivity contribution in [1.29, 1.82) is 0 Å². The molecule has 0 atom stereocenters. The van der Waals surface area contributed by atoms with Crippen molar-refractivity contribution in [3.63, 3.8) is 0 Å². The Balaban J connectivity index is 1.64. The van der Waals surface area contributed by atoms with E-state index in [0.29, 0.717) is 22.9 Å². The number of rotatable bonds is 9. The highest BCUT2D eigenvalue weighted by molar-refractivity contribution is 7.89. The van der Waals surface area contributed by atoms with Crippen molar-refractivity contribution in [2.75, 3.05) is 6.61 Å². The van der Waals surface area contributed by atoms with Gasteiger partial charge in [-0.15, -0.1) is 0 Å². The molecule has 1 saturated carbocycles. The molecular formula is C27H34N2O5S. The molecule has 0 spiro atoms. The van der Waals surface area contributed by atoms with E-state index in [1.165, 1.54) is 35.4 Å². The summed E-state index contributed by atoms with van der Waals surface area (Å²) >= 11 is 0. The van der Waals surface area contributed by atoms with E-state index in [-0.39, 0.29) is 24.6 Å². The Morgan fingerprint density at radius 3 is 2.43 bits per heavy atom. The normalized spacial score (nSPS) is 15.0. The van der Waals surface area contributed by atoms with E-state index in [4.69, 9.17) is 9.15 Å². The third-order valence-electron chi connectivity index (χ3n) is 6.91. The van der Waals surface area contributed by atoms with E-state index in [9.17, 15) is 13.2 Å². The number of aromatic amines is 1. The molecule has 35 heavy (non-hydrogen) atoms. The van der Waals surface area contributed by atoms with Gasteiger partial charge in [0.1, 0.15) is 11.5 Å². The summed E-state index contributed by atoms with van der Waals surface area (Å²) in [4.78, 5) is 15.7. The second kappa shape index (κ2) is 10.8. The molecule has 1 aliphatic carbocycles. The minimum atomic E-state index is -3.83. The Hall–Kier alpha value is -2.84. The number of sulfonamides is 1. The molecule has 7 nitrogen and oxygen atoms in total. The van der Waals surface area contributed by atoms with Gasteiger partial charge in [-0.25, -0.2) is 13.2 Å². The average molecular weight is 499 g/mol. The van der Waals surface area contributed by atoms with Gasteiger partial charge >= 0.3 is 5.97 Å². The second-order valence-electron chi connectivity index (χ2n) is 9.21. The van der Waals surface area contributed by atoms with Crippen LogP contribution in [0.3, 0.4) is 0 Å². The smallest absolute Gasteiger partial charge is 0.355 e. The maximum Gasteiger partial charge on any atom is 0.355 e. The van der Waals surface area contributed by atoms with Crippen LogP contribution in [0, 0.1) is 13.8 Å². The number of aryl methyl sites for hydroxylation is 1. The lowest BCUT2D eigenvalue weighted by atomic mass is 9.84. The number of nitrogens with one attached hydrogen (secondary N) is 1. The molecule has 1 fully saturated rings. The van der Waals surface area contributed by atoms with Crippen molar-refractivity contribution >= 4 is 16.0 Å². The molecule has 1 aromatic carbocycles. The number of hydrogen-bond acceptors (Lipinski definition) is 5.